The van der Waals surface area contributed by atoms with Crippen molar-refractivity contribution in [3.05, 3.63) is 66.1 Å². The van der Waals surface area contributed by atoms with Gasteiger partial charge in [0, 0.05) is 30.9 Å². The van der Waals surface area contributed by atoms with Gasteiger partial charge in [-0.25, -0.2) is 9.37 Å². The fraction of sp³-hybridized carbons (Fsp3) is 0.167. The van der Waals surface area contributed by atoms with Crippen LogP contribution in [0.3, 0.4) is 0 Å². The number of pyridine rings is 1. The first kappa shape index (κ1) is 15.9. The van der Waals surface area contributed by atoms with Gasteiger partial charge in [0.1, 0.15) is 11.6 Å². The number of benzene rings is 1. The lowest BCUT2D eigenvalue weighted by Crippen LogP contribution is -2.08. The summed E-state index contributed by atoms with van der Waals surface area (Å²) in [5, 5.41) is 6.26. The number of nitrogens with one attached hydrogen (secondary N) is 2. The molecular weight excluding hydrogens is 305 g/mol. The van der Waals surface area contributed by atoms with Gasteiger partial charge in [0.25, 0.3) is 0 Å². The first-order valence-corrected chi connectivity index (χ1v) is 7.78. The van der Waals surface area contributed by atoms with Crippen molar-refractivity contribution in [1.29, 1.82) is 0 Å². The van der Waals surface area contributed by atoms with Crippen molar-refractivity contribution in [3.8, 4) is 11.4 Å². The van der Waals surface area contributed by atoms with Gasteiger partial charge in [-0.1, -0.05) is 24.3 Å². The van der Waals surface area contributed by atoms with Gasteiger partial charge in [0.2, 0.25) is 5.95 Å². The van der Waals surface area contributed by atoms with Crippen LogP contribution >= 0.6 is 0 Å². The summed E-state index contributed by atoms with van der Waals surface area (Å²) in [5.41, 5.74) is 2.05. The molecule has 0 atom stereocenters. The fourth-order valence-corrected chi connectivity index (χ4v) is 2.25. The summed E-state index contributed by atoms with van der Waals surface area (Å²) >= 11 is 0. The summed E-state index contributed by atoms with van der Waals surface area (Å²) in [7, 11) is 0. The average molecular weight is 323 g/mol. The molecule has 0 spiro atoms. The monoisotopic (exact) mass is 323 g/mol. The Morgan fingerprint density at radius 3 is 2.54 bits per heavy atom. The number of anilines is 2. The Bertz CT molecular complexity index is 808. The molecule has 0 amide bonds. The lowest BCUT2D eigenvalue weighted by Gasteiger charge is -2.11. The minimum Gasteiger partial charge on any atom is -0.366 e. The van der Waals surface area contributed by atoms with E-state index in [0.717, 1.165) is 5.69 Å². The molecule has 2 N–H and O–H groups in total. The standard InChI is InChI=1S/C18H18FN5/c1-2-20-18-23-16(15-9-5-6-10-21-15)11-17(24-18)22-12-13-7-3-4-8-14(13)19/h3-11H,2,12H2,1H3,(H2,20,22,23,24). The zero-order valence-corrected chi connectivity index (χ0v) is 13.3. The zero-order chi connectivity index (χ0) is 16.8. The molecule has 0 saturated heterocycles. The average Bonchev–Trinajstić information content (AvgIpc) is 2.62. The molecule has 24 heavy (non-hydrogen) atoms. The van der Waals surface area contributed by atoms with Crippen molar-refractivity contribution in [2.75, 3.05) is 17.2 Å². The molecule has 122 valence electrons. The minimum atomic E-state index is -0.240. The Hall–Kier alpha value is -3.02. The highest BCUT2D eigenvalue weighted by atomic mass is 19.1. The summed E-state index contributed by atoms with van der Waals surface area (Å²) in [6.07, 6.45) is 1.72. The number of aromatic nitrogens is 3. The van der Waals surface area contributed by atoms with Gasteiger partial charge in [-0.05, 0) is 25.1 Å². The molecule has 3 aromatic rings. The maximum atomic E-state index is 13.7. The fourth-order valence-electron chi connectivity index (χ4n) is 2.25. The highest BCUT2D eigenvalue weighted by Crippen LogP contribution is 2.20. The van der Waals surface area contributed by atoms with E-state index in [9.17, 15) is 4.39 Å². The van der Waals surface area contributed by atoms with E-state index in [1.54, 1.807) is 18.3 Å². The molecule has 0 aliphatic heterocycles. The predicted octanol–water partition coefficient (Wildman–Crippen LogP) is 3.72. The van der Waals surface area contributed by atoms with E-state index in [2.05, 4.69) is 25.6 Å². The minimum absolute atomic E-state index is 0.240. The van der Waals surface area contributed by atoms with Crippen LogP contribution in [0.1, 0.15) is 12.5 Å². The molecule has 2 heterocycles. The quantitative estimate of drug-likeness (QED) is 0.724. The summed E-state index contributed by atoms with van der Waals surface area (Å²) in [5.74, 6) is 0.887. The molecule has 0 radical (unpaired) electrons. The summed E-state index contributed by atoms with van der Waals surface area (Å²) in [4.78, 5) is 13.2. The maximum Gasteiger partial charge on any atom is 0.225 e. The van der Waals surface area contributed by atoms with Crippen molar-refractivity contribution >= 4 is 11.8 Å². The number of nitrogens with zero attached hydrogens (tertiary/aromatic N) is 3. The Labute approximate surface area is 140 Å². The zero-order valence-electron chi connectivity index (χ0n) is 13.3. The molecule has 0 aliphatic rings. The molecule has 0 unspecified atom stereocenters. The van der Waals surface area contributed by atoms with Gasteiger partial charge in [-0.2, -0.15) is 4.98 Å². The second kappa shape index (κ2) is 7.50. The number of halogens is 1. The van der Waals surface area contributed by atoms with Gasteiger partial charge in [-0.3, -0.25) is 4.98 Å². The predicted molar refractivity (Wildman–Crippen MR) is 93.2 cm³/mol. The van der Waals surface area contributed by atoms with Crippen molar-refractivity contribution in [2.24, 2.45) is 0 Å². The van der Waals surface area contributed by atoms with E-state index < -0.39 is 0 Å². The smallest absolute Gasteiger partial charge is 0.225 e. The third kappa shape index (κ3) is 3.84. The lowest BCUT2D eigenvalue weighted by atomic mass is 10.2. The second-order valence-corrected chi connectivity index (χ2v) is 5.15. The van der Waals surface area contributed by atoms with Crippen LogP contribution < -0.4 is 10.6 Å². The number of hydrogen-bond acceptors (Lipinski definition) is 5. The van der Waals surface area contributed by atoms with E-state index in [4.69, 9.17) is 0 Å². The number of hydrogen-bond donors (Lipinski definition) is 2. The first-order valence-electron chi connectivity index (χ1n) is 7.78. The largest absolute Gasteiger partial charge is 0.366 e. The third-order valence-corrected chi connectivity index (χ3v) is 3.41. The van der Waals surface area contributed by atoms with Crippen LogP contribution in [0.15, 0.2) is 54.7 Å². The Kier molecular flexibility index (Phi) is 4.96. The molecular formula is C18H18FN5. The summed E-state index contributed by atoms with van der Waals surface area (Å²) in [6, 6.07) is 14.1. The van der Waals surface area contributed by atoms with Crippen LogP contribution in [0.2, 0.25) is 0 Å². The van der Waals surface area contributed by atoms with Crippen LogP contribution in [0, 0.1) is 5.82 Å². The van der Waals surface area contributed by atoms with Gasteiger partial charge < -0.3 is 10.6 Å². The van der Waals surface area contributed by atoms with Gasteiger partial charge in [0.05, 0.1) is 11.4 Å². The molecule has 0 aliphatic carbocycles. The SMILES string of the molecule is CCNc1nc(NCc2ccccc2F)cc(-c2ccccn2)n1. The van der Waals surface area contributed by atoms with E-state index in [0.29, 0.717) is 36.1 Å². The molecule has 3 rings (SSSR count). The van der Waals surface area contributed by atoms with E-state index in [-0.39, 0.29) is 5.82 Å². The van der Waals surface area contributed by atoms with Crippen molar-refractivity contribution in [1.82, 2.24) is 15.0 Å². The van der Waals surface area contributed by atoms with Crippen LogP contribution in [0.4, 0.5) is 16.2 Å². The lowest BCUT2D eigenvalue weighted by molar-refractivity contribution is 0.613. The van der Waals surface area contributed by atoms with E-state index >= 15 is 0 Å². The second-order valence-electron chi connectivity index (χ2n) is 5.15. The van der Waals surface area contributed by atoms with E-state index in [1.807, 2.05) is 37.3 Å². The van der Waals surface area contributed by atoms with Crippen molar-refractivity contribution in [3.63, 3.8) is 0 Å². The number of rotatable bonds is 6. The molecule has 6 heteroatoms. The van der Waals surface area contributed by atoms with Crippen molar-refractivity contribution < 1.29 is 4.39 Å². The molecule has 0 saturated carbocycles. The Morgan fingerprint density at radius 1 is 0.958 bits per heavy atom. The van der Waals surface area contributed by atoms with Crippen LogP contribution in [0.25, 0.3) is 11.4 Å². The van der Waals surface area contributed by atoms with Crippen LogP contribution in [-0.2, 0) is 6.54 Å². The summed E-state index contributed by atoms with van der Waals surface area (Å²) in [6.45, 7) is 3.03. The van der Waals surface area contributed by atoms with E-state index in [1.165, 1.54) is 6.07 Å². The van der Waals surface area contributed by atoms with Crippen LogP contribution in [0.5, 0.6) is 0 Å². The topological polar surface area (TPSA) is 62.7 Å². The normalized spacial score (nSPS) is 10.4. The van der Waals surface area contributed by atoms with Crippen molar-refractivity contribution in [2.45, 2.75) is 13.5 Å². The maximum absolute atomic E-state index is 13.7. The Morgan fingerprint density at radius 2 is 1.79 bits per heavy atom. The van der Waals surface area contributed by atoms with Crippen LogP contribution in [-0.4, -0.2) is 21.5 Å². The van der Waals surface area contributed by atoms with Gasteiger partial charge >= 0.3 is 0 Å². The van der Waals surface area contributed by atoms with Gasteiger partial charge in [0.15, 0.2) is 0 Å². The molecule has 0 fully saturated rings. The molecule has 0 bridgehead atoms. The highest BCUT2D eigenvalue weighted by molar-refractivity contribution is 5.60. The molecule has 2 aromatic heterocycles. The Balaban J connectivity index is 1.86. The molecule has 1 aromatic carbocycles. The third-order valence-electron chi connectivity index (χ3n) is 3.41. The first-order chi connectivity index (χ1) is 11.8. The van der Waals surface area contributed by atoms with Gasteiger partial charge in [-0.15, -0.1) is 0 Å². The molecule has 5 nitrogen and oxygen atoms in total. The summed E-state index contributed by atoms with van der Waals surface area (Å²) < 4.78 is 13.7. The highest BCUT2D eigenvalue weighted by Gasteiger charge is 2.08.